The Balaban J connectivity index is 2.29. The van der Waals surface area contributed by atoms with Crippen molar-refractivity contribution in [1.82, 2.24) is 20.2 Å². The minimum Gasteiger partial charge on any atom is -0.271 e. The lowest BCUT2D eigenvalue weighted by Gasteiger charge is -2.17. The molecule has 0 saturated carbocycles. The predicted molar refractivity (Wildman–Crippen MR) is 68.9 cm³/mol. The molecule has 1 atom stereocenters. The normalized spacial score (nSPS) is 12.7. The molecule has 2 rings (SSSR count). The number of hydrazine groups is 1. The van der Waals surface area contributed by atoms with Gasteiger partial charge in [0.25, 0.3) is 0 Å². The first-order valence-electron chi connectivity index (χ1n) is 5.36. The third-order valence-corrected chi connectivity index (χ3v) is 3.36. The summed E-state index contributed by atoms with van der Waals surface area (Å²) in [4.78, 5) is 4.10. The lowest BCUT2D eigenvalue weighted by atomic mass is 10.0. The van der Waals surface area contributed by atoms with E-state index in [1.807, 2.05) is 0 Å². The minimum atomic E-state index is -0.356. The Labute approximate surface area is 112 Å². The van der Waals surface area contributed by atoms with Gasteiger partial charge in [-0.1, -0.05) is 12.1 Å². The summed E-state index contributed by atoms with van der Waals surface area (Å²) in [5.41, 5.74) is 3.11. The number of hydrogen-bond acceptors (Lipinski definition) is 4. The maximum atomic E-state index is 14.0. The van der Waals surface area contributed by atoms with Crippen molar-refractivity contribution in [2.45, 2.75) is 12.5 Å². The highest BCUT2D eigenvalue weighted by molar-refractivity contribution is 9.10. The van der Waals surface area contributed by atoms with Crippen LogP contribution in [0.1, 0.15) is 17.4 Å². The van der Waals surface area contributed by atoms with Crippen molar-refractivity contribution in [2.75, 3.05) is 0 Å². The molecule has 1 heterocycles. The molecule has 18 heavy (non-hydrogen) atoms. The van der Waals surface area contributed by atoms with Crippen LogP contribution < -0.4 is 11.3 Å². The van der Waals surface area contributed by atoms with Crippen molar-refractivity contribution >= 4 is 15.9 Å². The first kappa shape index (κ1) is 13.1. The van der Waals surface area contributed by atoms with Gasteiger partial charge in [-0.2, -0.15) is 5.10 Å². The largest absolute Gasteiger partial charge is 0.271 e. The molecule has 2 aromatic rings. The molecule has 1 aromatic carbocycles. The van der Waals surface area contributed by atoms with Gasteiger partial charge >= 0.3 is 0 Å². The SMILES string of the molecule is Cn1ncnc1CC(NN)c1cccc(Br)c1F. The Morgan fingerprint density at radius 1 is 1.56 bits per heavy atom. The van der Waals surface area contributed by atoms with Gasteiger partial charge in [0.1, 0.15) is 18.0 Å². The summed E-state index contributed by atoms with van der Waals surface area (Å²) in [6.45, 7) is 0. The quantitative estimate of drug-likeness (QED) is 0.662. The molecular weight excluding hydrogens is 301 g/mol. The Morgan fingerprint density at radius 2 is 2.33 bits per heavy atom. The van der Waals surface area contributed by atoms with E-state index >= 15 is 0 Å². The van der Waals surface area contributed by atoms with Gasteiger partial charge in [0.2, 0.25) is 0 Å². The van der Waals surface area contributed by atoms with E-state index in [-0.39, 0.29) is 11.9 Å². The van der Waals surface area contributed by atoms with Crippen molar-refractivity contribution < 1.29 is 4.39 Å². The summed E-state index contributed by atoms with van der Waals surface area (Å²) in [5.74, 6) is 5.92. The summed E-state index contributed by atoms with van der Waals surface area (Å²) >= 11 is 3.16. The second-order valence-corrected chi connectivity index (χ2v) is 4.72. The molecule has 0 fully saturated rings. The number of nitrogens with one attached hydrogen (secondary N) is 1. The third kappa shape index (κ3) is 2.58. The molecule has 0 bridgehead atoms. The molecule has 0 spiro atoms. The third-order valence-electron chi connectivity index (χ3n) is 2.75. The Kier molecular flexibility index (Phi) is 4.05. The molecule has 0 aliphatic carbocycles. The zero-order chi connectivity index (χ0) is 13.1. The summed E-state index contributed by atoms with van der Waals surface area (Å²) in [6.07, 6.45) is 1.92. The van der Waals surface area contributed by atoms with Crippen LogP contribution >= 0.6 is 15.9 Å². The van der Waals surface area contributed by atoms with Crippen LogP contribution in [-0.2, 0) is 13.5 Å². The summed E-state index contributed by atoms with van der Waals surface area (Å²) < 4.78 is 16.0. The predicted octanol–water partition coefficient (Wildman–Crippen LogP) is 1.46. The number of halogens is 2. The highest BCUT2D eigenvalue weighted by Crippen LogP contribution is 2.25. The number of nitrogens with two attached hydrogens (primary N) is 1. The van der Waals surface area contributed by atoms with Crippen molar-refractivity contribution in [2.24, 2.45) is 12.9 Å². The molecule has 0 saturated heterocycles. The number of benzene rings is 1. The Morgan fingerprint density at radius 3 is 2.94 bits per heavy atom. The lowest BCUT2D eigenvalue weighted by molar-refractivity contribution is 0.491. The number of aryl methyl sites for hydroxylation is 1. The minimum absolute atomic E-state index is 0.317. The lowest BCUT2D eigenvalue weighted by Crippen LogP contribution is -2.31. The molecule has 7 heteroatoms. The molecule has 5 nitrogen and oxygen atoms in total. The zero-order valence-corrected chi connectivity index (χ0v) is 11.4. The smallest absolute Gasteiger partial charge is 0.142 e. The molecular formula is C11H13BrFN5. The fourth-order valence-corrected chi connectivity index (χ4v) is 2.12. The van der Waals surface area contributed by atoms with Gasteiger partial charge in [0.05, 0.1) is 10.5 Å². The van der Waals surface area contributed by atoms with Crippen LogP contribution in [0.25, 0.3) is 0 Å². The van der Waals surface area contributed by atoms with Gasteiger partial charge in [-0.05, 0) is 22.0 Å². The number of hydrogen-bond donors (Lipinski definition) is 2. The van der Waals surface area contributed by atoms with Gasteiger partial charge in [-0.25, -0.2) is 9.37 Å². The van der Waals surface area contributed by atoms with Crippen LogP contribution in [-0.4, -0.2) is 14.8 Å². The first-order valence-corrected chi connectivity index (χ1v) is 6.15. The average molecular weight is 314 g/mol. The Bertz CT molecular complexity index is 542. The molecule has 1 aromatic heterocycles. The van der Waals surface area contributed by atoms with Crippen LogP contribution in [0.3, 0.4) is 0 Å². The van der Waals surface area contributed by atoms with E-state index in [2.05, 4.69) is 31.4 Å². The maximum Gasteiger partial charge on any atom is 0.142 e. The number of rotatable bonds is 4. The van der Waals surface area contributed by atoms with Crippen molar-refractivity contribution in [1.29, 1.82) is 0 Å². The highest BCUT2D eigenvalue weighted by Gasteiger charge is 2.18. The van der Waals surface area contributed by atoms with E-state index in [4.69, 9.17) is 5.84 Å². The molecule has 0 aliphatic rings. The second-order valence-electron chi connectivity index (χ2n) is 3.87. The molecule has 0 radical (unpaired) electrons. The summed E-state index contributed by atoms with van der Waals surface area (Å²) in [6, 6.07) is 4.75. The van der Waals surface area contributed by atoms with Crippen LogP contribution in [0, 0.1) is 5.82 Å². The summed E-state index contributed by atoms with van der Waals surface area (Å²) in [5, 5.41) is 3.97. The van der Waals surface area contributed by atoms with Gasteiger partial charge in [-0.3, -0.25) is 16.0 Å². The second kappa shape index (κ2) is 5.55. The van der Waals surface area contributed by atoms with Crippen molar-refractivity contribution in [3.8, 4) is 0 Å². The van der Waals surface area contributed by atoms with Gasteiger partial charge in [-0.15, -0.1) is 0 Å². The molecule has 0 aliphatic heterocycles. The monoisotopic (exact) mass is 313 g/mol. The van der Waals surface area contributed by atoms with E-state index in [0.717, 1.165) is 5.82 Å². The fraction of sp³-hybridized carbons (Fsp3) is 0.273. The average Bonchev–Trinajstić information content (AvgIpc) is 2.76. The van der Waals surface area contributed by atoms with E-state index in [9.17, 15) is 4.39 Å². The first-order chi connectivity index (χ1) is 8.63. The standard InChI is InChI=1S/C11H13BrFN5/c1-18-10(15-6-16-18)5-9(17-14)7-3-2-4-8(12)11(7)13/h2-4,6,9,17H,5,14H2,1H3. The van der Waals surface area contributed by atoms with Crippen molar-refractivity contribution in [3.05, 3.63) is 46.2 Å². The molecule has 96 valence electrons. The Hall–Kier alpha value is -1.31. The van der Waals surface area contributed by atoms with E-state index in [1.165, 1.54) is 6.33 Å². The van der Waals surface area contributed by atoms with Gasteiger partial charge in [0.15, 0.2) is 0 Å². The highest BCUT2D eigenvalue weighted by atomic mass is 79.9. The van der Waals surface area contributed by atoms with E-state index < -0.39 is 0 Å². The van der Waals surface area contributed by atoms with Gasteiger partial charge < -0.3 is 0 Å². The van der Waals surface area contributed by atoms with Crippen LogP contribution in [0.15, 0.2) is 29.0 Å². The zero-order valence-electron chi connectivity index (χ0n) is 9.77. The van der Waals surface area contributed by atoms with Crippen molar-refractivity contribution in [3.63, 3.8) is 0 Å². The molecule has 3 N–H and O–H groups in total. The number of nitrogens with zero attached hydrogens (tertiary/aromatic N) is 3. The van der Waals surface area contributed by atoms with Crippen LogP contribution in [0.2, 0.25) is 0 Å². The van der Waals surface area contributed by atoms with Crippen LogP contribution in [0.4, 0.5) is 4.39 Å². The molecule has 1 unspecified atom stereocenters. The van der Waals surface area contributed by atoms with E-state index in [1.54, 1.807) is 29.9 Å². The van der Waals surface area contributed by atoms with E-state index in [0.29, 0.717) is 16.5 Å². The van der Waals surface area contributed by atoms with Crippen LogP contribution in [0.5, 0.6) is 0 Å². The molecule has 0 amide bonds. The topological polar surface area (TPSA) is 68.8 Å². The maximum absolute atomic E-state index is 14.0. The van der Waals surface area contributed by atoms with Gasteiger partial charge in [0, 0.05) is 19.0 Å². The number of aromatic nitrogens is 3. The summed E-state index contributed by atoms with van der Waals surface area (Å²) in [7, 11) is 1.78. The fourth-order valence-electron chi connectivity index (χ4n) is 1.74.